The molecule has 1 heterocycles. The number of carbonyl (C=O) groups is 1. The zero-order valence-electron chi connectivity index (χ0n) is 10.8. The molecule has 0 saturated heterocycles. The highest BCUT2D eigenvalue weighted by atomic mass is 35.5. The van der Waals surface area contributed by atoms with Crippen molar-refractivity contribution in [3.05, 3.63) is 52.1 Å². The highest BCUT2D eigenvalue weighted by Gasteiger charge is 2.15. The van der Waals surface area contributed by atoms with Gasteiger partial charge in [0.15, 0.2) is 0 Å². The number of nitrogens with zero attached hydrogens (tertiary/aromatic N) is 2. The second-order valence-electron chi connectivity index (χ2n) is 4.49. The standard InChI is InChI=1S/C14H14ClFN2O/c1-9-14(15)13(18(2)17-9)8-12(19)7-10-4-3-5-11(16)6-10/h3-6H,7-8H2,1-2H3. The van der Waals surface area contributed by atoms with Gasteiger partial charge in [-0.1, -0.05) is 23.7 Å². The summed E-state index contributed by atoms with van der Waals surface area (Å²) in [6.45, 7) is 1.79. The Bertz CT molecular complexity index is 622. The van der Waals surface area contributed by atoms with Crippen molar-refractivity contribution < 1.29 is 9.18 Å². The summed E-state index contributed by atoms with van der Waals surface area (Å²) in [7, 11) is 1.75. The van der Waals surface area contributed by atoms with Crippen LogP contribution in [0.4, 0.5) is 4.39 Å². The molecule has 1 aromatic heterocycles. The topological polar surface area (TPSA) is 34.9 Å². The molecule has 19 heavy (non-hydrogen) atoms. The van der Waals surface area contributed by atoms with E-state index in [1.54, 1.807) is 30.8 Å². The van der Waals surface area contributed by atoms with Crippen LogP contribution in [-0.4, -0.2) is 15.6 Å². The molecule has 100 valence electrons. The molecule has 3 nitrogen and oxygen atoms in total. The number of benzene rings is 1. The SMILES string of the molecule is Cc1nn(C)c(CC(=O)Cc2cccc(F)c2)c1Cl. The number of aromatic nitrogens is 2. The van der Waals surface area contributed by atoms with Gasteiger partial charge in [0, 0.05) is 13.5 Å². The molecule has 0 fully saturated rings. The van der Waals surface area contributed by atoms with Gasteiger partial charge >= 0.3 is 0 Å². The van der Waals surface area contributed by atoms with Crippen molar-refractivity contribution in [2.24, 2.45) is 7.05 Å². The molecule has 0 bridgehead atoms. The first-order valence-corrected chi connectivity index (χ1v) is 6.29. The van der Waals surface area contributed by atoms with Crippen LogP contribution in [0.3, 0.4) is 0 Å². The van der Waals surface area contributed by atoms with E-state index in [1.165, 1.54) is 12.1 Å². The van der Waals surface area contributed by atoms with Crippen molar-refractivity contribution >= 4 is 17.4 Å². The average Bonchev–Trinajstić information content (AvgIpc) is 2.56. The van der Waals surface area contributed by atoms with Crippen molar-refractivity contribution in [2.45, 2.75) is 19.8 Å². The lowest BCUT2D eigenvalue weighted by molar-refractivity contribution is -0.117. The largest absolute Gasteiger partial charge is 0.299 e. The summed E-state index contributed by atoms with van der Waals surface area (Å²) in [4.78, 5) is 12.0. The fraction of sp³-hybridized carbons (Fsp3) is 0.286. The molecule has 5 heteroatoms. The third-order valence-corrected chi connectivity index (χ3v) is 3.41. The molecule has 0 unspecified atom stereocenters. The van der Waals surface area contributed by atoms with E-state index < -0.39 is 0 Å². The van der Waals surface area contributed by atoms with Gasteiger partial charge < -0.3 is 0 Å². The van der Waals surface area contributed by atoms with Crippen LogP contribution in [0, 0.1) is 12.7 Å². The molecular weight excluding hydrogens is 267 g/mol. The zero-order valence-corrected chi connectivity index (χ0v) is 11.5. The minimum atomic E-state index is -0.334. The van der Waals surface area contributed by atoms with Crippen molar-refractivity contribution in [1.29, 1.82) is 0 Å². The van der Waals surface area contributed by atoms with Gasteiger partial charge in [0.2, 0.25) is 0 Å². The number of Topliss-reactive ketones (excluding diaryl/α,β-unsaturated/α-hetero) is 1. The van der Waals surface area contributed by atoms with Gasteiger partial charge in [-0.05, 0) is 24.6 Å². The number of carbonyl (C=O) groups excluding carboxylic acids is 1. The number of halogens is 2. The Morgan fingerprint density at radius 2 is 2.16 bits per heavy atom. The smallest absolute Gasteiger partial charge is 0.143 e. The Balaban J connectivity index is 2.09. The van der Waals surface area contributed by atoms with Gasteiger partial charge in [-0.3, -0.25) is 9.48 Å². The number of aryl methyl sites for hydroxylation is 2. The summed E-state index contributed by atoms with van der Waals surface area (Å²) in [6.07, 6.45) is 0.394. The first-order chi connectivity index (χ1) is 8.97. The van der Waals surface area contributed by atoms with E-state index >= 15 is 0 Å². The van der Waals surface area contributed by atoms with Crippen molar-refractivity contribution in [2.75, 3.05) is 0 Å². The van der Waals surface area contributed by atoms with E-state index in [-0.39, 0.29) is 24.4 Å². The van der Waals surface area contributed by atoms with E-state index in [4.69, 9.17) is 11.6 Å². The predicted molar refractivity (Wildman–Crippen MR) is 71.8 cm³/mol. The molecule has 0 N–H and O–H groups in total. The van der Waals surface area contributed by atoms with Crippen LogP contribution in [-0.2, 0) is 24.7 Å². The predicted octanol–water partition coefficient (Wildman–Crippen LogP) is 2.88. The van der Waals surface area contributed by atoms with E-state index in [9.17, 15) is 9.18 Å². The summed E-state index contributed by atoms with van der Waals surface area (Å²) >= 11 is 6.09. The van der Waals surface area contributed by atoms with Crippen LogP contribution >= 0.6 is 11.6 Å². The molecule has 2 aromatic rings. The molecule has 0 aliphatic rings. The maximum absolute atomic E-state index is 13.0. The molecule has 0 aliphatic heterocycles. The molecule has 0 atom stereocenters. The monoisotopic (exact) mass is 280 g/mol. The van der Waals surface area contributed by atoms with Crippen LogP contribution in [0.5, 0.6) is 0 Å². The van der Waals surface area contributed by atoms with Crippen LogP contribution < -0.4 is 0 Å². The Hall–Kier alpha value is -1.68. The first-order valence-electron chi connectivity index (χ1n) is 5.91. The second kappa shape index (κ2) is 5.53. The fourth-order valence-electron chi connectivity index (χ4n) is 2.00. The minimum Gasteiger partial charge on any atom is -0.299 e. The lowest BCUT2D eigenvalue weighted by Crippen LogP contribution is -2.10. The van der Waals surface area contributed by atoms with Crippen LogP contribution in [0.2, 0.25) is 5.02 Å². The van der Waals surface area contributed by atoms with Gasteiger partial charge in [0.05, 0.1) is 22.8 Å². The quantitative estimate of drug-likeness (QED) is 0.863. The van der Waals surface area contributed by atoms with Crippen molar-refractivity contribution in [3.8, 4) is 0 Å². The molecule has 0 spiro atoms. The van der Waals surface area contributed by atoms with Gasteiger partial charge in [0.1, 0.15) is 11.6 Å². The molecule has 0 radical (unpaired) electrons. The van der Waals surface area contributed by atoms with Crippen LogP contribution in [0.25, 0.3) is 0 Å². The molecule has 0 amide bonds. The van der Waals surface area contributed by atoms with E-state index in [0.29, 0.717) is 22.0 Å². The molecule has 0 saturated carbocycles. The summed E-state index contributed by atoms with van der Waals surface area (Å²) in [5, 5.41) is 4.68. The highest BCUT2D eigenvalue weighted by molar-refractivity contribution is 6.32. The third kappa shape index (κ3) is 3.20. The number of hydrogen-bond acceptors (Lipinski definition) is 2. The number of hydrogen-bond donors (Lipinski definition) is 0. The third-order valence-electron chi connectivity index (χ3n) is 2.92. The highest BCUT2D eigenvalue weighted by Crippen LogP contribution is 2.20. The van der Waals surface area contributed by atoms with E-state index in [1.807, 2.05) is 0 Å². The van der Waals surface area contributed by atoms with Crippen LogP contribution in [0.15, 0.2) is 24.3 Å². The van der Waals surface area contributed by atoms with E-state index in [2.05, 4.69) is 5.10 Å². The Labute approximate surface area is 116 Å². The summed E-state index contributed by atoms with van der Waals surface area (Å²) in [5.74, 6) is -0.352. The average molecular weight is 281 g/mol. The number of ketones is 1. The minimum absolute atomic E-state index is 0.0181. The Morgan fingerprint density at radius 1 is 1.42 bits per heavy atom. The lowest BCUT2D eigenvalue weighted by atomic mass is 10.1. The Morgan fingerprint density at radius 3 is 2.74 bits per heavy atom. The maximum atomic E-state index is 13.0. The lowest BCUT2D eigenvalue weighted by Gasteiger charge is -2.03. The van der Waals surface area contributed by atoms with Crippen molar-refractivity contribution in [3.63, 3.8) is 0 Å². The number of rotatable bonds is 4. The summed E-state index contributed by atoms with van der Waals surface area (Å²) < 4.78 is 14.6. The van der Waals surface area contributed by atoms with Crippen molar-refractivity contribution in [1.82, 2.24) is 9.78 Å². The molecule has 0 aliphatic carbocycles. The van der Waals surface area contributed by atoms with E-state index in [0.717, 1.165) is 0 Å². The maximum Gasteiger partial charge on any atom is 0.143 e. The van der Waals surface area contributed by atoms with Crippen LogP contribution in [0.1, 0.15) is 17.0 Å². The first kappa shape index (κ1) is 13.7. The fourth-order valence-corrected chi connectivity index (χ4v) is 2.22. The van der Waals surface area contributed by atoms with Gasteiger partial charge in [0.25, 0.3) is 0 Å². The second-order valence-corrected chi connectivity index (χ2v) is 4.87. The normalized spacial score (nSPS) is 10.7. The summed E-state index contributed by atoms with van der Waals surface area (Å²) in [6, 6.07) is 6.06. The zero-order chi connectivity index (χ0) is 14.0. The molecule has 2 rings (SSSR count). The van der Waals surface area contributed by atoms with Gasteiger partial charge in [-0.25, -0.2) is 4.39 Å². The Kier molecular flexibility index (Phi) is 4.00. The molecular formula is C14H14ClFN2O. The summed E-state index contributed by atoms with van der Waals surface area (Å²) in [5.41, 5.74) is 2.07. The van der Waals surface area contributed by atoms with Gasteiger partial charge in [-0.2, -0.15) is 5.10 Å². The van der Waals surface area contributed by atoms with Gasteiger partial charge in [-0.15, -0.1) is 0 Å². The molecule has 1 aromatic carbocycles.